The summed E-state index contributed by atoms with van der Waals surface area (Å²) in [6, 6.07) is 12.9. The highest BCUT2D eigenvalue weighted by atomic mass is 32.1. The van der Waals surface area contributed by atoms with E-state index in [0.717, 1.165) is 15.1 Å². The van der Waals surface area contributed by atoms with Gasteiger partial charge in [-0.1, -0.05) is 24.3 Å². The smallest absolute Gasteiger partial charge is 0.437 e. The van der Waals surface area contributed by atoms with Crippen LogP contribution in [0.25, 0.3) is 22.2 Å². The first-order valence-corrected chi connectivity index (χ1v) is 9.68. The van der Waals surface area contributed by atoms with Gasteiger partial charge in [0.2, 0.25) is 5.89 Å². The van der Waals surface area contributed by atoms with Gasteiger partial charge < -0.3 is 13.6 Å². The summed E-state index contributed by atoms with van der Waals surface area (Å²) >= 11 is 1.41. The zero-order valence-electron chi connectivity index (χ0n) is 15.3. The second-order valence-corrected chi connectivity index (χ2v) is 7.01. The number of hydrogen-bond donors (Lipinski definition) is 0. The summed E-state index contributed by atoms with van der Waals surface area (Å²) in [7, 11) is 0. The van der Waals surface area contributed by atoms with Crippen molar-refractivity contribution in [3.8, 4) is 22.2 Å². The number of benzene rings is 1. The molecule has 0 amide bonds. The Morgan fingerprint density at radius 2 is 1.97 bits per heavy atom. The van der Waals surface area contributed by atoms with Gasteiger partial charge in [0.25, 0.3) is 11.8 Å². The topological polar surface area (TPSA) is 113 Å². The third-order valence-electron chi connectivity index (χ3n) is 3.98. The predicted octanol–water partition coefficient (Wildman–Crippen LogP) is 3.31. The van der Waals surface area contributed by atoms with Crippen molar-refractivity contribution < 1.29 is 18.4 Å². The number of aromatic nitrogens is 4. The second kappa shape index (κ2) is 8.23. The Morgan fingerprint density at radius 1 is 1.14 bits per heavy atom. The van der Waals surface area contributed by atoms with Crippen LogP contribution in [-0.2, 0) is 16.1 Å². The van der Waals surface area contributed by atoms with Gasteiger partial charge in [0.05, 0.1) is 17.8 Å². The van der Waals surface area contributed by atoms with Gasteiger partial charge in [-0.25, -0.2) is 4.79 Å². The van der Waals surface area contributed by atoms with E-state index in [1.54, 1.807) is 13.0 Å². The molecule has 1 aromatic carbocycles. The van der Waals surface area contributed by atoms with E-state index in [-0.39, 0.29) is 24.7 Å². The fraction of sp³-hybridized carbons (Fsp3) is 0.211. The average Bonchev–Trinajstić information content (AvgIpc) is 3.48. The molecule has 0 aliphatic carbocycles. The third kappa shape index (κ3) is 4.32. The molecule has 10 heteroatoms. The Bertz CT molecular complexity index is 1150. The van der Waals surface area contributed by atoms with Crippen molar-refractivity contribution in [2.24, 2.45) is 0 Å². The molecule has 0 unspecified atom stereocenters. The Hall–Kier alpha value is -3.53. The van der Waals surface area contributed by atoms with E-state index in [1.807, 2.05) is 41.8 Å². The van der Waals surface area contributed by atoms with Crippen LogP contribution in [0.3, 0.4) is 0 Å². The Kier molecular flexibility index (Phi) is 5.34. The summed E-state index contributed by atoms with van der Waals surface area (Å²) in [6.07, 6.45) is -0.775. The van der Waals surface area contributed by atoms with Crippen LogP contribution in [0.15, 0.2) is 61.5 Å². The summed E-state index contributed by atoms with van der Waals surface area (Å²) in [5.74, 6) is -0.385. The molecule has 0 bridgehead atoms. The Morgan fingerprint density at radius 3 is 2.72 bits per heavy atom. The number of hydrogen-bond acceptors (Lipinski definition) is 9. The maximum Gasteiger partial charge on any atom is 0.437 e. The van der Waals surface area contributed by atoms with Gasteiger partial charge in [0.1, 0.15) is 0 Å². The molecule has 4 rings (SSSR count). The minimum Gasteiger partial charge on any atom is -0.453 e. The lowest BCUT2D eigenvalue weighted by Gasteiger charge is -2.08. The highest BCUT2D eigenvalue weighted by Crippen LogP contribution is 2.23. The van der Waals surface area contributed by atoms with Crippen molar-refractivity contribution in [1.29, 1.82) is 0 Å². The molecule has 4 aromatic rings. The summed E-state index contributed by atoms with van der Waals surface area (Å²) in [6.45, 7) is 1.68. The van der Waals surface area contributed by atoms with Crippen LogP contribution in [0, 0.1) is 0 Å². The monoisotopic (exact) mass is 412 g/mol. The summed E-state index contributed by atoms with van der Waals surface area (Å²) in [4.78, 5) is 24.8. The Labute approximate surface area is 168 Å². The molecule has 0 aliphatic rings. The van der Waals surface area contributed by atoms with Crippen molar-refractivity contribution in [1.82, 2.24) is 20.0 Å². The van der Waals surface area contributed by atoms with E-state index < -0.39 is 17.8 Å². The normalized spacial score (nSPS) is 12.0. The zero-order chi connectivity index (χ0) is 20.2. The number of carbonyl (C=O) groups is 1. The largest absolute Gasteiger partial charge is 0.453 e. The molecule has 29 heavy (non-hydrogen) atoms. The average molecular weight is 412 g/mol. The quantitative estimate of drug-likeness (QED) is 0.425. The molecular formula is C19H16N4O5S. The lowest BCUT2D eigenvalue weighted by Crippen LogP contribution is -2.19. The number of nitrogens with zero attached hydrogens (tertiary/aromatic N) is 4. The van der Waals surface area contributed by atoms with Crippen molar-refractivity contribution in [3.05, 3.63) is 64.3 Å². The fourth-order valence-corrected chi connectivity index (χ4v) is 3.19. The lowest BCUT2D eigenvalue weighted by molar-refractivity contribution is -0.150. The lowest BCUT2D eigenvalue weighted by atomic mass is 10.2. The molecule has 1 atom stereocenters. The molecule has 3 heterocycles. The molecule has 0 saturated carbocycles. The van der Waals surface area contributed by atoms with Crippen molar-refractivity contribution in [2.75, 3.05) is 0 Å². The van der Waals surface area contributed by atoms with Crippen molar-refractivity contribution >= 4 is 17.3 Å². The molecule has 3 aromatic heterocycles. The van der Waals surface area contributed by atoms with E-state index in [4.69, 9.17) is 13.6 Å². The van der Waals surface area contributed by atoms with E-state index in [0.29, 0.717) is 5.89 Å². The molecule has 9 nitrogen and oxygen atoms in total. The molecule has 0 fully saturated rings. The standard InChI is InChI=1S/C19H16N4O5S/c1-12(16-20-21-17(27-16)13-6-3-2-4-7-13)26-15(24)9-10-23-19(25)28-18(22-23)14-8-5-11-29-14/h2-8,11-12H,9-10H2,1H3/t12-/m0/s1. The first-order valence-electron chi connectivity index (χ1n) is 8.80. The predicted molar refractivity (Wildman–Crippen MR) is 103 cm³/mol. The van der Waals surface area contributed by atoms with Crippen LogP contribution in [0.2, 0.25) is 0 Å². The maximum atomic E-state index is 12.1. The maximum absolute atomic E-state index is 12.1. The number of thiophene rings is 1. The first-order chi connectivity index (χ1) is 14.1. The molecule has 0 saturated heterocycles. The van der Waals surface area contributed by atoms with E-state index in [1.165, 1.54) is 11.3 Å². The highest BCUT2D eigenvalue weighted by Gasteiger charge is 2.20. The van der Waals surface area contributed by atoms with Gasteiger partial charge >= 0.3 is 11.7 Å². The van der Waals surface area contributed by atoms with Gasteiger partial charge in [0, 0.05) is 5.56 Å². The molecule has 0 aliphatic heterocycles. The minimum absolute atomic E-state index is 0.0400. The van der Waals surface area contributed by atoms with Gasteiger partial charge in [-0.05, 0) is 30.5 Å². The summed E-state index contributed by atoms with van der Waals surface area (Å²) in [5.41, 5.74) is 0.775. The van der Waals surface area contributed by atoms with Crippen LogP contribution < -0.4 is 5.76 Å². The van der Waals surface area contributed by atoms with E-state index in [2.05, 4.69) is 15.3 Å². The van der Waals surface area contributed by atoms with Crippen molar-refractivity contribution in [3.63, 3.8) is 0 Å². The molecule has 0 spiro atoms. The number of aryl methyl sites for hydroxylation is 1. The number of ether oxygens (including phenoxy) is 1. The minimum atomic E-state index is -0.719. The van der Waals surface area contributed by atoms with Crippen LogP contribution in [0.5, 0.6) is 0 Å². The van der Waals surface area contributed by atoms with Gasteiger partial charge in [-0.2, -0.15) is 4.68 Å². The van der Waals surface area contributed by atoms with E-state index >= 15 is 0 Å². The second-order valence-electron chi connectivity index (χ2n) is 6.07. The van der Waals surface area contributed by atoms with Gasteiger partial charge in [0.15, 0.2) is 6.10 Å². The third-order valence-corrected chi connectivity index (χ3v) is 4.84. The Balaban J connectivity index is 1.34. The number of carbonyl (C=O) groups excluding carboxylic acids is 1. The molecular weight excluding hydrogens is 396 g/mol. The molecule has 148 valence electrons. The highest BCUT2D eigenvalue weighted by molar-refractivity contribution is 7.13. The van der Waals surface area contributed by atoms with Crippen LogP contribution in [0.4, 0.5) is 0 Å². The zero-order valence-corrected chi connectivity index (χ0v) is 16.2. The van der Waals surface area contributed by atoms with Gasteiger partial charge in [-0.3, -0.25) is 4.79 Å². The fourth-order valence-electron chi connectivity index (χ4n) is 2.55. The number of rotatable bonds is 7. The first kappa shape index (κ1) is 18.8. The summed E-state index contributed by atoms with van der Waals surface area (Å²) < 4.78 is 17.1. The van der Waals surface area contributed by atoms with Crippen LogP contribution in [0.1, 0.15) is 25.3 Å². The molecule has 0 radical (unpaired) electrons. The van der Waals surface area contributed by atoms with Crippen molar-refractivity contribution in [2.45, 2.75) is 26.0 Å². The van der Waals surface area contributed by atoms with Crippen LogP contribution >= 0.6 is 11.3 Å². The summed E-state index contributed by atoms with van der Waals surface area (Å²) in [5, 5.41) is 13.9. The van der Waals surface area contributed by atoms with E-state index in [9.17, 15) is 9.59 Å². The SMILES string of the molecule is C[C@H](OC(=O)CCn1nc(-c2cccs2)oc1=O)c1nnc(-c2ccccc2)o1. The number of esters is 1. The molecule has 0 N–H and O–H groups in total. The van der Waals surface area contributed by atoms with Crippen LogP contribution in [-0.4, -0.2) is 25.9 Å². The van der Waals surface area contributed by atoms with Gasteiger partial charge in [-0.15, -0.1) is 26.6 Å².